The summed E-state index contributed by atoms with van der Waals surface area (Å²) in [6.07, 6.45) is 3.00. The van der Waals surface area contributed by atoms with Crippen LogP contribution in [0, 0.1) is 0 Å². The number of phosphoric acid groups is 1. The summed E-state index contributed by atoms with van der Waals surface area (Å²) in [5.74, 6) is -1.19. The second-order valence-electron chi connectivity index (χ2n) is 5.19. The number of para-hydroxylation sites is 1. The van der Waals surface area contributed by atoms with Gasteiger partial charge in [-0.05, 0) is 12.5 Å². The van der Waals surface area contributed by atoms with E-state index in [0.717, 1.165) is 32.1 Å². The molecule has 1 atom stereocenters. The molecule has 3 N–H and O–H groups in total. The van der Waals surface area contributed by atoms with Gasteiger partial charge in [0.25, 0.3) is 5.91 Å². The lowest BCUT2D eigenvalue weighted by molar-refractivity contribution is -0.126. The quantitative estimate of drug-likeness (QED) is 0.446. The molecule has 0 spiro atoms. The molecule has 1 rings (SSSR count). The van der Waals surface area contributed by atoms with Crippen LogP contribution in [-0.4, -0.2) is 22.2 Å². The number of nitrogens with one attached hydrogen (secondary N) is 1. The first kappa shape index (κ1) is 19.6. The first-order chi connectivity index (χ1) is 10.8. The van der Waals surface area contributed by atoms with Crippen molar-refractivity contribution >= 4 is 13.7 Å². The third-order valence-corrected chi connectivity index (χ3v) is 3.65. The molecule has 0 aromatic heterocycles. The molecule has 130 valence electrons. The van der Waals surface area contributed by atoms with Crippen molar-refractivity contribution in [2.24, 2.45) is 0 Å². The van der Waals surface area contributed by atoms with Gasteiger partial charge in [0, 0.05) is 12.1 Å². The Kier molecular flexibility index (Phi) is 8.23. The lowest BCUT2D eigenvalue weighted by atomic mass is 10.1. The van der Waals surface area contributed by atoms with Crippen LogP contribution < -0.4 is 9.84 Å². The average molecular weight is 347 g/mol. The first-order valence-electron chi connectivity index (χ1n) is 7.61. The molecule has 0 saturated heterocycles. The van der Waals surface area contributed by atoms with Crippen LogP contribution in [0.1, 0.15) is 50.8 Å². The number of benzene rings is 1. The fourth-order valence-electron chi connectivity index (χ4n) is 2.07. The molecule has 1 unspecified atom stereocenters. The van der Waals surface area contributed by atoms with E-state index in [-0.39, 0.29) is 11.3 Å². The minimum absolute atomic E-state index is 0.209. The van der Waals surface area contributed by atoms with Crippen LogP contribution in [0.2, 0.25) is 0 Å². The Balaban J connectivity index is 2.57. The van der Waals surface area contributed by atoms with Gasteiger partial charge in [0.15, 0.2) is 0 Å². The van der Waals surface area contributed by atoms with Gasteiger partial charge in [-0.2, -0.15) is 0 Å². The molecule has 0 fully saturated rings. The van der Waals surface area contributed by atoms with E-state index in [1.165, 1.54) is 24.3 Å². The Hall–Kier alpha value is -1.43. The van der Waals surface area contributed by atoms with Gasteiger partial charge in [-0.25, -0.2) is 8.96 Å². The molecular weight excluding hydrogens is 324 g/mol. The maximum atomic E-state index is 14.2. The smallest absolute Gasteiger partial charge is 0.404 e. The molecule has 23 heavy (non-hydrogen) atoms. The summed E-state index contributed by atoms with van der Waals surface area (Å²) in [7, 11) is -4.82. The van der Waals surface area contributed by atoms with E-state index < -0.39 is 19.9 Å². The zero-order valence-corrected chi connectivity index (χ0v) is 14.0. The number of hydrogen-bond donors (Lipinski definition) is 3. The van der Waals surface area contributed by atoms with Crippen molar-refractivity contribution in [3.05, 3.63) is 29.8 Å². The van der Waals surface area contributed by atoms with Crippen LogP contribution in [0.5, 0.6) is 5.75 Å². The van der Waals surface area contributed by atoms with Crippen molar-refractivity contribution < 1.29 is 28.1 Å². The highest BCUT2D eigenvalue weighted by Crippen LogP contribution is 2.41. The molecule has 0 aliphatic heterocycles. The third kappa shape index (κ3) is 7.59. The van der Waals surface area contributed by atoms with E-state index in [9.17, 15) is 13.8 Å². The topological polar surface area (TPSA) is 95.9 Å². The SMILES string of the molecule is CCCCCCCNC(=O)C(F)c1ccccc1OP(=O)(O)O. The third-order valence-electron chi connectivity index (χ3n) is 3.22. The lowest BCUT2D eigenvalue weighted by Crippen LogP contribution is -2.28. The van der Waals surface area contributed by atoms with Crippen molar-refractivity contribution in [3.8, 4) is 5.75 Å². The minimum atomic E-state index is -4.82. The maximum Gasteiger partial charge on any atom is 0.524 e. The van der Waals surface area contributed by atoms with Crippen LogP contribution in [0.25, 0.3) is 0 Å². The molecule has 0 aliphatic carbocycles. The summed E-state index contributed by atoms with van der Waals surface area (Å²) in [5, 5.41) is 2.48. The largest absolute Gasteiger partial charge is 0.524 e. The number of amides is 1. The van der Waals surface area contributed by atoms with Gasteiger partial charge in [-0.15, -0.1) is 0 Å². The number of carbonyl (C=O) groups is 1. The summed E-state index contributed by atoms with van der Waals surface area (Å²) < 4.78 is 29.6. The van der Waals surface area contributed by atoms with E-state index in [2.05, 4.69) is 16.8 Å². The Labute approximate surface area is 135 Å². The zero-order valence-electron chi connectivity index (χ0n) is 13.1. The van der Waals surface area contributed by atoms with Crippen molar-refractivity contribution in [1.29, 1.82) is 0 Å². The van der Waals surface area contributed by atoms with Gasteiger partial charge in [0.1, 0.15) is 5.75 Å². The van der Waals surface area contributed by atoms with Gasteiger partial charge >= 0.3 is 7.82 Å². The van der Waals surface area contributed by atoms with Gasteiger partial charge in [-0.1, -0.05) is 50.8 Å². The van der Waals surface area contributed by atoms with E-state index in [4.69, 9.17) is 9.79 Å². The summed E-state index contributed by atoms with van der Waals surface area (Å²) in [4.78, 5) is 29.5. The van der Waals surface area contributed by atoms with Gasteiger partial charge in [0.05, 0.1) is 0 Å². The molecule has 1 amide bonds. The second-order valence-corrected chi connectivity index (χ2v) is 6.35. The van der Waals surface area contributed by atoms with Crippen LogP contribution in [0.3, 0.4) is 0 Å². The number of phosphoric ester groups is 1. The molecular formula is C15H23FNO5P. The van der Waals surface area contributed by atoms with Gasteiger partial charge in [0.2, 0.25) is 6.17 Å². The predicted octanol–water partition coefficient (Wildman–Crippen LogP) is 3.26. The number of carbonyl (C=O) groups excluding carboxylic acids is 1. The molecule has 0 saturated carbocycles. The van der Waals surface area contributed by atoms with Gasteiger partial charge in [-0.3, -0.25) is 14.6 Å². The fraction of sp³-hybridized carbons (Fsp3) is 0.533. The summed E-state index contributed by atoms with van der Waals surface area (Å²) in [6, 6.07) is 5.37. The van der Waals surface area contributed by atoms with Crippen molar-refractivity contribution in [2.75, 3.05) is 6.54 Å². The Bertz CT molecular complexity index is 548. The van der Waals surface area contributed by atoms with Crippen LogP contribution >= 0.6 is 7.82 Å². The van der Waals surface area contributed by atoms with E-state index in [1.807, 2.05) is 0 Å². The molecule has 0 radical (unpaired) electrons. The van der Waals surface area contributed by atoms with Crippen LogP contribution in [0.4, 0.5) is 4.39 Å². The zero-order chi connectivity index (χ0) is 17.3. The maximum absolute atomic E-state index is 14.2. The standard InChI is InChI=1S/C15H23FNO5P/c1-2-3-4-5-8-11-17-15(18)14(16)12-9-6-7-10-13(12)22-23(19,20)21/h6-7,9-10,14H,2-5,8,11H2,1H3,(H,17,18)(H2,19,20,21). The predicted molar refractivity (Wildman–Crippen MR) is 84.7 cm³/mol. The van der Waals surface area contributed by atoms with E-state index in [0.29, 0.717) is 6.54 Å². The number of alkyl halides is 1. The van der Waals surface area contributed by atoms with Crippen LogP contribution in [-0.2, 0) is 9.36 Å². The van der Waals surface area contributed by atoms with E-state index in [1.54, 1.807) is 0 Å². The molecule has 6 nitrogen and oxygen atoms in total. The Morgan fingerprint density at radius 2 is 1.91 bits per heavy atom. The molecule has 0 aliphatic rings. The molecule has 0 bridgehead atoms. The van der Waals surface area contributed by atoms with Crippen molar-refractivity contribution in [3.63, 3.8) is 0 Å². The van der Waals surface area contributed by atoms with Crippen molar-refractivity contribution in [2.45, 2.75) is 45.2 Å². The van der Waals surface area contributed by atoms with Crippen molar-refractivity contribution in [1.82, 2.24) is 5.32 Å². The Morgan fingerprint density at radius 1 is 1.26 bits per heavy atom. The first-order valence-corrected chi connectivity index (χ1v) is 9.14. The van der Waals surface area contributed by atoms with Crippen LogP contribution in [0.15, 0.2) is 24.3 Å². The minimum Gasteiger partial charge on any atom is -0.404 e. The van der Waals surface area contributed by atoms with Gasteiger partial charge < -0.3 is 9.84 Å². The number of halogens is 1. The Morgan fingerprint density at radius 3 is 2.57 bits per heavy atom. The average Bonchev–Trinajstić information content (AvgIpc) is 2.49. The highest BCUT2D eigenvalue weighted by atomic mass is 31.2. The molecule has 1 aromatic rings. The molecule has 1 aromatic carbocycles. The molecule has 8 heteroatoms. The summed E-state index contributed by atoms with van der Waals surface area (Å²) in [5.41, 5.74) is -0.209. The monoisotopic (exact) mass is 347 g/mol. The molecule has 0 heterocycles. The van der Waals surface area contributed by atoms with E-state index >= 15 is 0 Å². The highest BCUT2D eigenvalue weighted by molar-refractivity contribution is 7.46. The highest BCUT2D eigenvalue weighted by Gasteiger charge is 2.26. The second kappa shape index (κ2) is 9.65. The number of unbranched alkanes of at least 4 members (excludes halogenated alkanes) is 4. The fourth-order valence-corrected chi connectivity index (χ4v) is 2.49. The summed E-state index contributed by atoms with van der Waals surface area (Å²) in [6.45, 7) is 2.47. The lowest BCUT2D eigenvalue weighted by Gasteiger charge is -2.14. The normalized spacial score (nSPS) is 12.7. The number of hydrogen-bond acceptors (Lipinski definition) is 3. The summed E-state index contributed by atoms with van der Waals surface area (Å²) >= 11 is 0. The number of rotatable bonds is 10.